The van der Waals surface area contributed by atoms with Crippen molar-refractivity contribution in [2.75, 3.05) is 19.6 Å². The normalized spacial score (nSPS) is 16.7. The summed E-state index contributed by atoms with van der Waals surface area (Å²) in [5.41, 5.74) is 1.38. The molecule has 0 radical (unpaired) electrons. The Morgan fingerprint density at radius 2 is 1.90 bits per heavy atom. The van der Waals surface area contributed by atoms with Crippen molar-refractivity contribution in [1.82, 2.24) is 10.2 Å². The third-order valence-corrected chi connectivity index (χ3v) is 4.25. The van der Waals surface area contributed by atoms with E-state index >= 15 is 0 Å². The Hall–Kier alpha value is -1.35. The average molecular weight is 288 g/mol. The quantitative estimate of drug-likeness (QED) is 0.836. The summed E-state index contributed by atoms with van der Waals surface area (Å²) in [4.78, 5) is 14.1. The van der Waals surface area contributed by atoms with Gasteiger partial charge in [0, 0.05) is 32.1 Å². The van der Waals surface area contributed by atoms with Crippen LogP contribution in [0.25, 0.3) is 0 Å². The lowest BCUT2D eigenvalue weighted by atomic mass is 10.1. The zero-order chi connectivity index (χ0) is 14.9. The maximum absolute atomic E-state index is 12.0. The number of aryl methyl sites for hydroxylation is 1. The van der Waals surface area contributed by atoms with Crippen molar-refractivity contribution in [1.29, 1.82) is 0 Å². The van der Waals surface area contributed by atoms with Crippen LogP contribution in [0.2, 0.25) is 0 Å². The van der Waals surface area contributed by atoms with Gasteiger partial charge in [-0.2, -0.15) is 0 Å². The van der Waals surface area contributed by atoms with Gasteiger partial charge in [-0.1, -0.05) is 30.3 Å². The fourth-order valence-corrected chi connectivity index (χ4v) is 2.86. The number of amides is 1. The molecule has 1 saturated heterocycles. The largest absolute Gasteiger partial charge is 0.343 e. The van der Waals surface area contributed by atoms with Gasteiger partial charge in [-0.15, -0.1) is 0 Å². The van der Waals surface area contributed by atoms with Gasteiger partial charge >= 0.3 is 0 Å². The van der Waals surface area contributed by atoms with E-state index in [2.05, 4.69) is 42.6 Å². The fourth-order valence-electron chi connectivity index (χ4n) is 2.86. The number of carbonyl (C=O) groups excluding carboxylic acids is 1. The second-order valence-corrected chi connectivity index (χ2v) is 6.07. The lowest BCUT2D eigenvalue weighted by molar-refractivity contribution is -0.131. The molecule has 1 heterocycles. The predicted octanol–water partition coefficient (Wildman–Crippen LogP) is 3.00. The summed E-state index contributed by atoms with van der Waals surface area (Å²) >= 11 is 0. The maximum atomic E-state index is 12.0. The van der Waals surface area contributed by atoms with Crippen LogP contribution in [0.15, 0.2) is 30.3 Å². The number of piperidine rings is 1. The number of benzene rings is 1. The molecule has 0 aliphatic carbocycles. The molecule has 1 unspecified atom stereocenters. The number of rotatable bonds is 7. The summed E-state index contributed by atoms with van der Waals surface area (Å²) in [7, 11) is 0. The molecule has 3 heteroatoms. The van der Waals surface area contributed by atoms with Gasteiger partial charge in [0.15, 0.2) is 0 Å². The Labute approximate surface area is 128 Å². The zero-order valence-electron chi connectivity index (χ0n) is 13.2. The van der Waals surface area contributed by atoms with Crippen LogP contribution in [-0.4, -0.2) is 36.5 Å². The Balaban J connectivity index is 1.58. The van der Waals surface area contributed by atoms with Crippen molar-refractivity contribution < 1.29 is 4.79 Å². The van der Waals surface area contributed by atoms with Crippen LogP contribution in [0, 0.1) is 0 Å². The summed E-state index contributed by atoms with van der Waals surface area (Å²) in [5, 5.41) is 3.48. The molecule has 116 valence electrons. The molecule has 1 N–H and O–H groups in total. The number of hydrogen-bond acceptors (Lipinski definition) is 2. The van der Waals surface area contributed by atoms with Crippen molar-refractivity contribution in [3.63, 3.8) is 0 Å². The molecule has 1 aromatic rings. The maximum Gasteiger partial charge on any atom is 0.223 e. The highest BCUT2D eigenvalue weighted by molar-refractivity contribution is 5.76. The molecule has 1 aliphatic rings. The summed E-state index contributed by atoms with van der Waals surface area (Å²) < 4.78 is 0. The SMILES string of the molecule is CC(CCc1ccccc1)NCCC(=O)N1CCCCC1. The first-order valence-corrected chi connectivity index (χ1v) is 8.31. The van der Waals surface area contributed by atoms with E-state index in [1.54, 1.807) is 0 Å². The molecular weight excluding hydrogens is 260 g/mol. The first kappa shape index (κ1) is 16.0. The van der Waals surface area contributed by atoms with Crippen molar-refractivity contribution in [2.24, 2.45) is 0 Å². The molecule has 1 atom stereocenters. The molecule has 0 spiro atoms. The minimum atomic E-state index is 0.317. The van der Waals surface area contributed by atoms with Gasteiger partial charge in [-0.25, -0.2) is 0 Å². The van der Waals surface area contributed by atoms with E-state index in [0.717, 1.165) is 32.5 Å². The van der Waals surface area contributed by atoms with E-state index < -0.39 is 0 Å². The van der Waals surface area contributed by atoms with Crippen molar-refractivity contribution in [2.45, 2.75) is 51.5 Å². The van der Waals surface area contributed by atoms with Gasteiger partial charge in [0.25, 0.3) is 0 Å². The second-order valence-electron chi connectivity index (χ2n) is 6.07. The Morgan fingerprint density at radius 3 is 2.62 bits per heavy atom. The van der Waals surface area contributed by atoms with Gasteiger partial charge in [-0.3, -0.25) is 4.79 Å². The number of nitrogens with zero attached hydrogens (tertiary/aromatic N) is 1. The summed E-state index contributed by atoms with van der Waals surface area (Å²) in [5.74, 6) is 0.317. The topological polar surface area (TPSA) is 32.3 Å². The molecular formula is C18H28N2O. The number of nitrogens with one attached hydrogen (secondary N) is 1. The average Bonchev–Trinajstić information content (AvgIpc) is 2.54. The molecule has 3 nitrogen and oxygen atoms in total. The third-order valence-electron chi connectivity index (χ3n) is 4.25. The lowest BCUT2D eigenvalue weighted by Crippen LogP contribution is -2.38. The monoisotopic (exact) mass is 288 g/mol. The van der Waals surface area contributed by atoms with Crippen LogP contribution in [-0.2, 0) is 11.2 Å². The zero-order valence-corrected chi connectivity index (χ0v) is 13.2. The number of likely N-dealkylation sites (tertiary alicyclic amines) is 1. The van der Waals surface area contributed by atoms with E-state index in [0.29, 0.717) is 18.4 Å². The standard InChI is InChI=1S/C18H28N2O/c1-16(10-11-17-8-4-2-5-9-17)19-13-12-18(21)20-14-6-3-7-15-20/h2,4-5,8-9,16,19H,3,6-7,10-15H2,1H3. The molecule has 0 saturated carbocycles. The second kappa shape index (κ2) is 8.83. The van der Waals surface area contributed by atoms with Crippen LogP contribution in [0.4, 0.5) is 0 Å². The minimum absolute atomic E-state index is 0.317. The van der Waals surface area contributed by atoms with Gasteiger partial charge in [0.2, 0.25) is 5.91 Å². The van der Waals surface area contributed by atoms with Crippen LogP contribution >= 0.6 is 0 Å². The lowest BCUT2D eigenvalue weighted by Gasteiger charge is -2.27. The van der Waals surface area contributed by atoms with E-state index in [9.17, 15) is 4.79 Å². The van der Waals surface area contributed by atoms with Crippen LogP contribution in [0.5, 0.6) is 0 Å². The molecule has 1 fully saturated rings. The van der Waals surface area contributed by atoms with Gasteiger partial charge in [0.1, 0.15) is 0 Å². The van der Waals surface area contributed by atoms with Crippen LogP contribution < -0.4 is 5.32 Å². The molecule has 1 aromatic carbocycles. The van der Waals surface area contributed by atoms with Crippen molar-refractivity contribution in [3.05, 3.63) is 35.9 Å². The highest BCUT2D eigenvalue weighted by Crippen LogP contribution is 2.10. The minimum Gasteiger partial charge on any atom is -0.343 e. The Morgan fingerprint density at radius 1 is 1.19 bits per heavy atom. The summed E-state index contributed by atoms with van der Waals surface area (Å²) in [6.07, 6.45) is 6.46. The predicted molar refractivity (Wildman–Crippen MR) is 87.3 cm³/mol. The number of carbonyl (C=O) groups is 1. The molecule has 2 rings (SSSR count). The van der Waals surface area contributed by atoms with Crippen molar-refractivity contribution >= 4 is 5.91 Å². The summed E-state index contributed by atoms with van der Waals surface area (Å²) in [6, 6.07) is 11.0. The molecule has 0 aromatic heterocycles. The Bertz CT molecular complexity index is 412. The summed E-state index contributed by atoms with van der Waals surface area (Å²) in [6.45, 7) is 4.92. The van der Waals surface area contributed by atoms with E-state index in [4.69, 9.17) is 0 Å². The van der Waals surface area contributed by atoms with Gasteiger partial charge in [-0.05, 0) is 44.6 Å². The highest BCUT2D eigenvalue weighted by Gasteiger charge is 2.15. The molecule has 1 aliphatic heterocycles. The highest BCUT2D eigenvalue weighted by atomic mass is 16.2. The number of hydrogen-bond donors (Lipinski definition) is 1. The van der Waals surface area contributed by atoms with Crippen molar-refractivity contribution in [3.8, 4) is 0 Å². The van der Waals surface area contributed by atoms with Crippen LogP contribution in [0.1, 0.15) is 44.6 Å². The van der Waals surface area contributed by atoms with E-state index in [-0.39, 0.29) is 0 Å². The molecule has 21 heavy (non-hydrogen) atoms. The first-order chi connectivity index (χ1) is 10.3. The van der Waals surface area contributed by atoms with E-state index in [1.165, 1.54) is 24.8 Å². The smallest absolute Gasteiger partial charge is 0.223 e. The molecule has 0 bridgehead atoms. The molecule has 1 amide bonds. The van der Waals surface area contributed by atoms with E-state index in [1.807, 2.05) is 4.90 Å². The Kier molecular flexibility index (Phi) is 6.74. The third kappa shape index (κ3) is 5.88. The van der Waals surface area contributed by atoms with Gasteiger partial charge < -0.3 is 10.2 Å². The van der Waals surface area contributed by atoms with Gasteiger partial charge in [0.05, 0.1) is 0 Å². The fraction of sp³-hybridized carbons (Fsp3) is 0.611. The first-order valence-electron chi connectivity index (χ1n) is 8.31. The van der Waals surface area contributed by atoms with Crippen LogP contribution in [0.3, 0.4) is 0 Å².